The number of thiocarbonyl (C=S) groups is 1. The molecule has 1 aromatic carbocycles. The first kappa shape index (κ1) is 23.6. The van der Waals surface area contributed by atoms with E-state index in [0.717, 1.165) is 62.2 Å². The smallest absolute Gasteiger partial charge is 0.231 e. The molecule has 0 radical (unpaired) electrons. The molecule has 5 aliphatic rings. The Morgan fingerprint density at radius 2 is 2.06 bits per heavy atom. The summed E-state index contributed by atoms with van der Waals surface area (Å²) < 4.78 is 11.4. The predicted molar refractivity (Wildman–Crippen MR) is 144 cm³/mol. The van der Waals surface area contributed by atoms with E-state index in [2.05, 4.69) is 47.5 Å². The molecule has 4 N–H and O–H groups in total. The lowest BCUT2D eigenvalue weighted by molar-refractivity contribution is -0.0513. The van der Waals surface area contributed by atoms with Crippen LogP contribution >= 0.6 is 12.2 Å². The molecule has 2 fully saturated rings. The maximum Gasteiger partial charge on any atom is 0.231 e. The van der Waals surface area contributed by atoms with Crippen molar-refractivity contribution in [1.82, 2.24) is 5.43 Å². The Morgan fingerprint density at radius 3 is 2.86 bits per heavy atom. The highest BCUT2D eigenvalue weighted by atomic mass is 32.1. The fraction of sp³-hybridized carbons (Fsp3) is 0.517. The van der Waals surface area contributed by atoms with E-state index in [1.807, 2.05) is 13.0 Å². The average Bonchev–Trinajstić information content (AvgIpc) is 3.43. The third-order valence-corrected chi connectivity index (χ3v) is 9.43. The van der Waals surface area contributed by atoms with Gasteiger partial charge in [0.05, 0.1) is 5.71 Å². The number of nitrogens with zero attached hydrogens (tertiary/aromatic N) is 1. The SMILES string of the molecule is CC#C[C@@]1(O)CC[C@@H]2[C@H]3CCC4=CC(=NNC(N)=S)CCC4=C3[C@H](c3ccc4c(c3)OCO4)C[C@]21C. The molecule has 6 rings (SSSR count). The minimum atomic E-state index is -0.952. The zero-order chi connectivity index (χ0) is 25.1. The number of fused-ring (bicyclic) bond motifs is 5. The number of hydrogen-bond donors (Lipinski definition) is 3. The molecule has 6 nitrogen and oxygen atoms in total. The molecule has 0 aromatic heterocycles. The first-order valence-corrected chi connectivity index (χ1v) is 13.4. The fourth-order valence-electron chi connectivity index (χ4n) is 7.73. The maximum atomic E-state index is 11.8. The van der Waals surface area contributed by atoms with Crippen molar-refractivity contribution in [3.8, 4) is 23.3 Å². The quantitative estimate of drug-likeness (QED) is 0.308. The van der Waals surface area contributed by atoms with Gasteiger partial charge in [-0.2, -0.15) is 5.10 Å². The zero-order valence-electron chi connectivity index (χ0n) is 20.9. The largest absolute Gasteiger partial charge is 0.454 e. The van der Waals surface area contributed by atoms with Crippen LogP contribution in [0.2, 0.25) is 0 Å². The Bertz CT molecular complexity index is 1290. The maximum absolute atomic E-state index is 11.8. The molecule has 7 heteroatoms. The van der Waals surface area contributed by atoms with Gasteiger partial charge in [0.1, 0.15) is 5.60 Å². The first-order chi connectivity index (χ1) is 17.3. The molecule has 2 saturated carbocycles. The molecular formula is C29H33N3O3S. The van der Waals surface area contributed by atoms with E-state index < -0.39 is 5.60 Å². The zero-order valence-corrected chi connectivity index (χ0v) is 21.7. The third-order valence-electron chi connectivity index (χ3n) is 9.34. The van der Waals surface area contributed by atoms with Crippen LogP contribution in [-0.2, 0) is 0 Å². The van der Waals surface area contributed by atoms with Gasteiger partial charge in [0.15, 0.2) is 16.6 Å². The number of allylic oxidation sites excluding steroid dienone is 4. The van der Waals surface area contributed by atoms with Crippen molar-refractivity contribution in [2.45, 2.75) is 70.3 Å². The molecule has 36 heavy (non-hydrogen) atoms. The van der Waals surface area contributed by atoms with Gasteiger partial charge >= 0.3 is 0 Å². The van der Waals surface area contributed by atoms with Crippen LogP contribution in [0.4, 0.5) is 0 Å². The van der Waals surface area contributed by atoms with Crippen molar-refractivity contribution in [1.29, 1.82) is 0 Å². The molecule has 1 aromatic rings. The highest BCUT2D eigenvalue weighted by molar-refractivity contribution is 7.80. The fourth-order valence-corrected chi connectivity index (χ4v) is 7.78. The van der Waals surface area contributed by atoms with Crippen LogP contribution < -0.4 is 20.6 Å². The molecule has 4 aliphatic carbocycles. The van der Waals surface area contributed by atoms with E-state index in [4.69, 9.17) is 27.4 Å². The second kappa shape index (κ2) is 8.64. The Balaban J connectivity index is 1.48. The summed E-state index contributed by atoms with van der Waals surface area (Å²) >= 11 is 4.93. The van der Waals surface area contributed by atoms with E-state index in [0.29, 0.717) is 11.8 Å². The van der Waals surface area contributed by atoms with Crippen molar-refractivity contribution >= 4 is 23.0 Å². The van der Waals surface area contributed by atoms with Crippen LogP contribution in [0.5, 0.6) is 11.5 Å². The van der Waals surface area contributed by atoms with Crippen LogP contribution in [-0.4, -0.2) is 28.3 Å². The Hall–Kier alpha value is -2.82. The van der Waals surface area contributed by atoms with Crippen LogP contribution in [0.3, 0.4) is 0 Å². The summed E-state index contributed by atoms with van der Waals surface area (Å²) in [5, 5.41) is 16.4. The van der Waals surface area contributed by atoms with E-state index in [9.17, 15) is 5.11 Å². The summed E-state index contributed by atoms with van der Waals surface area (Å²) in [5.41, 5.74) is 13.8. The lowest BCUT2D eigenvalue weighted by atomic mass is 9.51. The Kier molecular flexibility index (Phi) is 5.66. The molecule has 0 spiro atoms. The molecule has 0 saturated heterocycles. The molecule has 188 valence electrons. The van der Waals surface area contributed by atoms with Gasteiger partial charge in [-0.25, -0.2) is 0 Å². The van der Waals surface area contributed by atoms with Crippen molar-refractivity contribution in [2.24, 2.45) is 28.1 Å². The summed E-state index contributed by atoms with van der Waals surface area (Å²) in [6, 6.07) is 6.37. The number of nitrogens with one attached hydrogen (secondary N) is 1. The van der Waals surface area contributed by atoms with Crippen LogP contribution in [0, 0.1) is 29.1 Å². The second-order valence-electron chi connectivity index (χ2n) is 11.0. The number of ether oxygens (including phenoxy) is 2. The Labute approximate surface area is 218 Å². The van der Waals surface area contributed by atoms with Gasteiger partial charge in [-0.15, -0.1) is 5.92 Å². The van der Waals surface area contributed by atoms with Crippen molar-refractivity contribution in [3.63, 3.8) is 0 Å². The van der Waals surface area contributed by atoms with Crippen LogP contribution in [0.15, 0.2) is 46.1 Å². The summed E-state index contributed by atoms with van der Waals surface area (Å²) in [7, 11) is 0. The minimum absolute atomic E-state index is 0.187. The highest BCUT2D eigenvalue weighted by Crippen LogP contribution is 2.66. The molecule has 5 atom stereocenters. The van der Waals surface area contributed by atoms with Gasteiger partial charge in [0.25, 0.3) is 0 Å². The standard InChI is InChI=1S/C29H33N3O3S/c1-3-11-29(33)12-10-23-21-7-4-17-13-19(31-32-27(30)36)6-8-20(17)26(21)22(15-28(23,29)2)18-5-9-24-25(14-18)35-16-34-24/h5,9,13-14,21-23,33H,4,6-8,10,12,15-16H2,1-2H3,(H3,30,32,36)/t21-,22+,23-,28-,29-/m1/s1. The number of nitrogens with two attached hydrogens (primary N) is 1. The number of rotatable bonds is 2. The van der Waals surface area contributed by atoms with Gasteiger partial charge in [-0.05, 0) is 111 Å². The monoisotopic (exact) mass is 503 g/mol. The van der Waals surface area contributed by atoms with E-state index in [1.54, 1.807) is 5.57 Å². The first-order valence-electron chi connectivity index (χ1n) is 12.9. The summed E-state index contributed by atoms with van der Waals surface area (Å²) in [6.07, 6.45) is 8.77. The predicted octanol–water partition coefficient (Wildman–Crippen LogP) is 4.69. The van der Waals surface area contributed by atoms with Crippen LogP contribution in [0.25, 0.3) is 0 Å². The Morgan fingerprint density at radius 1 is 1.22 bits per heavy atom. The molecule has 0 bridgehead atoms. The molecule has 0 unspecified atom stereocenters. The third kappa shape index (κ3) is 3.57. The topological polar surface area (TPSA) is 89.1 Å². The summed E-state index contributed by atoms with van der Waals surface area (Å²) in [5.74, 6) is 8.95. The van der Waals surface area contributed by atoms with E-state index >= 15 is 0 Å². The van der Waals surface area contributed by atoms with Gasteiger partial charge in [0.2, 0.25) is 6.79 Å². The average molecular weight is 504 g/mol. The van der Waals surface area contributed by atoms with E-state index in [-0.39, 0.29) is 23.2 Å². The van der Waals surface area contributed by atoms with Gasteiger partial charge < -0.3 is 20.3 Å². The van der Waals surface area contributed by atoms with Crippen molar-refractivity contribution < 1.29 is 14.6 Å². The summed E-state index contributed by atoms with van der Waals surface area (Å²) in [4.78, 5) is 0. The lowest BCUT2D eigenvalue weighted by Gasteiger charge is -2.53. The number of benzene rings is 1. The molecular weight excluding hydrogens is 470 g/mol. The van der Waals surface area contributed by atoms with Gasteiger partial charge in [-0.1, -0.05) is 24.5 Å². The summed E-state index contributed by atoms with van der Waals surface area (Å²) in [6.45, 7) is 4.39. The van der Waals surface area contributed by atoms with Crippen molar-refractivity contribution in [2.75, 3.05) is 6.79 Å². The molecule has 1 aliphatic heterocycles. The van der Waals surface area contributed by atoms with Crippen molar-refractivity contribution in [3.05, 3.63) is 46.6 Å². The van der Waals surface area contributed by atoms with E-state index in [1.165, 1.54) is 16.7 Å². The molecule has 0 amide bonds. The number of hydrogen-bond acceptors (Lipinski definition) is 5. The number of hydrazone groups is 1. The lowest BCUT2D eigenvalue weighted by Crippen LogP contribution is -2.51. The highest BCUT2D eigenvalue weighted by Gasteiger charge is 2.62. The van der Waals surface area contributed by atoms with Crippen LogP contribution in [0.1, 0.15) is 70.3 Å². The normalized spacial score (nSPS) is 35.2. The second-order valence-corrected chi connectivity index (χ2v) is 11.4. The minimum Gasteiger partial charge on any atom is -0.454 e. The number of aliphatic hydroxyl groups is 1. The van der Waals surface area contributed by atoms with Gasteiger partial charge in [-0.3, -0.25) is 5.43 Å². The van der Waals surface area contributed by atoms with Gasteiger partial charge in [0, 0.05) is 11.3 Å². The molecule has 1 heterocycles.